The Kier molecular flexibility index (Phi) is 6.87. The van der Waals surface area contributed by atoms with Crippen molar-refractivity contribution in [3.8, 4) is 5.75 Å². The summed E-state index contributed by atoms with van der Waals surface area (Å²) in [5.74, 6) is -3.87. The lowest BCUT2D eigenvalue weighted by atomic mass is 10.2. The van der Waals surface area contributed by atoms with E-state index in [9.17, 15) is 22.8 Å². The van der Waals surface area contributed by atoms with Crippen LogP contribution >= 0.6 is 0 Å². The number of amidine groups is 1. The number of carboxylic acids is 2. The van der Waals surface area contributed by atoms with Gasteiger partial charge >= 0.3 is 17.9 Å². The van der Waals surface area contributed by atoms with Gasteiger partial charge in [-0.25, -0.2) is 13.2 Å². The molecular weight excluding hydrogens is 418 g/mol. The van der Waals surface area contributed by atoms with Crippen LogP contribution in [0.3, 0.4) is 0 Å². The summed E-state index contributed by atoms with van der Waals surface area (Å²) in [5, 5.41) is 25.0. The van der Waals surface area contributed by atoms with Crippen molar-refractivity contribution in [1.29, 1.82) is 5.41 Å². The Morgan fingerprint density at radius 3 is 2.00 bits per heavy atom. The molecule has 0 aliphatic heterocycles. The van der Waals surface area contributed by atoms with Crippen LogP contribution in [0.25, 0.3) is 0 Å². The first-order valence-electron chi connectivity index (χ1n) is 8.23. The highest BCUT2D eigenvalue weighted by atomic mass is 32.2. The van der Waals surface area contributed by atoms with E-state index in [1.54, 1.807) is 4.72 Å². The van der Waals surface area contributed by atoms with Gasteiger partial charge in [0.25, 0.3) is 0 Å². The molecule has 0 saturated heterocycles. The quantitative estimate of drug-likeness (QED) is 0.160. The number of ether oxygens (including phenoxy) is 1. The highest BCUT2D eigenvalue weighted by molar-refractivity contribution is 7.89. The molecule has 6 N–H and O–H groups in total. The lowest BCUT2D eigenvalue weighted by Gasteiger charge is -2.13. The zero-order valence-corrected chi connectivity index (χ0v) is 16.0. The van der Waals surface area contributed by atoms with Gasteiger partial charge < -0.3 is 20.7 Å². The number of carboxylic acid groups (broad SMARTS) is 2. The number of esters is 1. The first-order chi connectivity index (χ1) is 14.0. The standard InChI is InChI=1S/C18H17N3O8S/c19-16(20)10-1-5-12(6-2-10)29-18(26)11-3-7-13(8-4-11)30(27,28)21-14(17(24)25)9-15(22)23/h1-8,14,21H,9H2,(H3,19,20)(H,22,23)(H,24,25)/t14-/m0/s1. The van der Waals surface area contributed by atoms with Crippen molar-refractivity contribution in [2.75, 3.05) is 0 Å². The van der Waals surface area contributed by atoms with Crippen LogP contribution in [0.15, 0.2) is 53.4 Å². The predicted molar refractivity (Wildman–Crippen MR) is 103 cm³/mol. The van der Waals surface area contributed by atoms with E-state index in [0.29, 0.717) is 5.56 Å². The molecule has 0 bridgehead atoms. The third-order valence-electron chi connectivity index (χ3n) is 3.75. The SMILES string of the molecule is N=C(N)c1ccc(OC(=O)c2ccc(S(=O)(=O)N[C@@H](CC(=O)O)C(=O)O)cc2)cc1. The summed E-state index contributed by atoms with van der Waals surface area (Å²) in [6.07, 6.45) is -0.943. The van der Waals surface area contributed by atoms with E-state index >= 15 is 0 Å². The molecule has 1 atom stereocenters. The van der Waals surface area contributed by atoms with Gasteiger partial charge in [0.15, 0.2) is 0 Å². The summed E-state index contributed by atoms with van der Waals surface area (Å²) in [4.78, 5) is 33.6. The zero-order chi connectivity index (χ0) is 22.5. The maximum absolute atomic E-state index is 12.3. The lowest BCUT2D eigenvalue weighted by Crippen LogP contribution is -2.42. The number of carbonyl (C=O) groups is 3. The number of aliphatic carboxylic acids is 2. The molecule has 0 spiro atoms. The average molecular weight is 435 g/mol. The van der Waals surface area contributed by atoms with Gasteiger partial charge in [-0.15, -0.1) is 0 Å². The Balaban J connectivity index is 2.12. The van der Waals surface area contributed by atoms with Gasteiger partial charge in [-0.05, 0) is 48.5 Å². The van der Waals surface area contributed by atoms with E-state index in [4.69, 9.17) is 26.1 Å². The van der Waals surface area contributed by atoms with Crippen molar-refractivity contribution in [3.63, 3.8) is 0 Å². The van der Waals surface area contributed by atoms with Crippen molar-refractivity contribution in [2.45, 2.75) is 17.4 Å². The average Bonchev–Trinajstić information content (AvgIpc) is 2.67. The van der Waals surface area contributed by atoms with Crippen LogP contribution in [-0.2, 0) is 19.6 Å². The Bertz CT molecular complexity index is 1080. The molecule has 2 rings (SSSR count). The first kappa shape index (κ1) is 22.5. The zero-order valence-electron chi connectivity index (χ0n) is 15.2. The fraction of sp³-hybridized carbons (Fsp3) is 0.111. The normalized spacial score (nSPS) is 12.0. The third kappa shape index (κ3) is 5.86. The summed E-state index contributed by atoms with van der Waals surface area (Å²) in [7, 11) is -4.34. The molecule has 0 aliphatic rings. The molecule has 2 aromatic carbocycles. The van der Waals surface area contributed by atoms with E-state index in [2.05, 4.69) is 0 Å². The molecule has 0 unspecified atom stereocenters. The van der Waals surface area contributed by atoms with E-state index in [-0.39, 0.29) is 22.0 Å². The minimum atomic E-state index is -4.34. The van der Waals surface area contributed by atoms with E-state index < -0.39 is 40.4 Å². The largest absolute Gasteiger partial charge is 0.481 e. The Labute approximate surface area is 170 Å². The molecule has 12 heteroatoms. The van der Waals surface area contributed by atoms with Gasteiger partial charge in [0, 0.05) is 5.56 Å². The van der Waals surface area contributed by atoms with E-state index in [1.807, 2.05) is 0 Å². The highest BCUT2D eigenvalue weighted by Crippen LogP contribution is 2.16. The number of hydrogen-bond donors (Lipinski definition) is 5. The van der Waals surface area contributed by atoms with Crippen LogP contribution in [0.4, 0.5) is 0 Å². The number of sulfonamides is 1. The van der Waals surface area contributed by atoms with Crippen LogP contribution < -0.4 is 15.2 Å². The molecule has 0 saturated carbocycles. The maximum Gasteiger partial charge on any atom is 0.343 e. The fourth-order valence-electron chi connectivity index (χ4n) is 2.25. The minimum Gasteiger partial charge on any atom is -0.481 e. The topological polar surface area (TPSA) is 197 Å². The Hall–Kier alpha value is -3.77. The molecule has 0 aromatic heterocycles. The van der Waals surface area contributed by atoms with Crippen LogP contribution in [0.5, 0.6) is 5.75 Å². The predicted octanol–water partition coefficient (Wildman–Crippen LogP) is 0.396. The summed E-state index contributed by atoms with van der Waals surface area (Å²) in [5.41, 5.74) is 5.80. The third-order valence-corrected chi connectivity index (χ3v) is 5.24. The summed E-state index contributed by atoms with van der Waals surface area (Å²) < 4.78 is 31.5. The van der Waals surface area contributed by atoms with Crippen LogP contribution in [0, 0.1) is 5.41 Å². The number of hydrogen-bond acceptors (Lipinski definition) is 7. The monoisotopic (exact) mass is 435 g/mol. The molecule has 0 heterocycles. The second-order valence-corrected chi connectivity index (χ2v) is 7.68. The lowest BCUT2D eigenvalue weighted by molar-refractivity contribution is -0.145. The number of carbonyl (C=O) groups excluding carboxylic acids is 1. The number of nitrogen functional groups attached to an aromatic ring is 1. The molecule has 0 fully saturated rings. The van der Waals surface area contributed by atoms with Gasteiger partial charge in [0.2, 0.25) is 10.0 Å². The second kappa shape index (κ2) is 9.15. The molecule has 158 valence electrons. The molecular formula is C18H17N3O8S. The molecule has 2 aromatic rings. The van der Waals surface area contributed by atoms with Crippen molar-refractivity contribution in [1.82, 2.24) is 4.72 Å². The summed E-state index contributed by atoms with van der Waals surface area (Å²) in [6, 6.07) is 8.42. The summed E-state index contributed by atoms with van der Waals surface area (Å²) >= 11 is 0. The van der Waals surface area contributed by atoms with Gasteiger partial charge in [0.1, 0.15) is 17.6 Å². The van der Waals surface area contributed by atoms with Crippen molar-refractivity contribution in [2.24, 2.45) is 5.73 Å². The molecule has 11 nitrogen and oxygen atoms in total. The van der Waals surface area contributed by atoms with Crippen molar-refractivity contribution < 1.29 is 37.8 Å². The number of nitrogens with two attached hydrogens (primary N) is 1. The fourth-order valence-corrected chi connectivity index (χ4v) is 3.44. The molecule has 0 aliphatic carbocycles. The van der Waals surface area contributed by atoms with Crippen LogP contribution in [0.2, 0.25) is 0 Å². The van der Waals surface area contributed by atoms with E-state index in [1.165, 1.54) is 24.3 Å². The van der Waals surface area contributed by atoms with Crippen LogP contribution in [-0.4, -0.2) is 48.4 Å². The van der Waals surface area contributed by atoms with Crippen molar-refractivity contribution >= 4 is 33.8 Å². The molecule has 0 radical (unpaired) electrons. The first-order valence-corrected chi connectivity index (χ1v) is 9.71. The van der Waals surface area contributed by atoms with Crippen molar-refractivity contribution in [3.05, 3.63) is 59.7 Å². The number of benzene rings is 2. The summed E-state index contributed by atoms with van der Waals surface area (Å²) in [6.45, 7) is 0. The molecule has 0 amide bonds. The Morgan fingerprint density at radius 1 is 1.00 bits per heavy atom. The Morgan fingerprint density at radius 2 is 1.53 bits per heavy atom. The number of nitrogens with one attached hydrogen (secondary N) is 2. The van der Waals surface area contributed by atoms with Gasteiger partial charge in [-0.2, -0.15) is 4.72 Å². The van der Waals surface area contributed by atoms with Gasteiger partial charge in [-0.1, -0.05) is 0 Å². The van der Waals surface area contributed by atoms with Gasteiger partial charge in [-0.3, -0.25) is 15.0 Å². The smallest absolute Gasteiger partial charge is 0.343 e. The molecule has 30 heavy (non-hydrogen) atoms. The van der Waals surface area contributed by atoms with Gasteiger partial charge in [0.05, 0.1) is 16.9 Å². The van der Waals surface area contributed by atoms with Crippen LogP contribution in [0.1, 0.15) is 22.3 Å². The second-order valence-electron chi connectivity index (χ2n) is 5.96. The highest BCUT2D eigenvalue weighted by Gasteiger charge is 2.27. The number of rotatable bonds is 9. The minimum absolute atomic E-state index is 0.0184. The van der Waals surface area contributed by atoms with E-state index in [0.717, 1.165) is 24.3 Å². The maximum atomic E-state index is 12.3.